The average Bonchev–Trinajstić information content (AvgIpc) is 2.16. The lowest BCUT2D eigenvalue weighted by Crippen LogP contribution is -1.98. The minimum Gasteiger partial charge on any atom is -0.392 e. The van der Waals surface area contributed by atoms with Gasteiger partial charge in [-0.15, -0.1) is 0 Å². The second-order valence-corrected chi connectivity index (χ2v) is 2.85. The van der Waals surface area contributed by atoms with Crippen LogP contribution in [-0.4, -0.2) is 5.11 Å². The number of hydrogen-bond acceptors (Lipinski definition) is 2. The first-order valence-electron chi connectivity index (χ1n) is 3.98. The van der Waals surface area contributed by atoms with Crippen molar-refractivity contribution in [2.24, 2.45) is 0 Å². The molecule has 0 saturated carbocycles. The number of halogens is 1. The molecule has 0 aliphatic heterocycles. The fourth-order valence-electron chi connectivity index (χ4n) is 1.20. The Hall–Kier alpha value is -1.40. The second-order valence-electron chi connectivity index (χ2n) is 2.85. The summed E-state index contributed by atoms with van der Waals surface area (Å²) in [4.78, 5) is 0. The molecule has 0 heterocycles. The van der Waals surface area contributed by atoms with Crippen LogP contribution in [0.3, 0.4) is 0 Å². The Kier molecular flexibility index (Phi) is 2.99. The maximum Gasteiger partial charge on any atom is 0.123 e. The Morgan fingerprint density at radius 2 is 2.31 bits per heavy atom. The molecule has 1 rings (SSSR count). The summed E-state index contributed by atoms with van der Waals surface area (Å²) in [6.07, 6.45) is 0. The molecule has 1 aromatic carbocycles. The van der Waals surface area contributed by atoms with Crippen LogP contribution in [0.2, 0.25) is 0 Å². The molecular formula is C10H10FNO. The van der Waals surface area contributed by atoms with Gasteiger partial charge >= 0.3 is 0 Å². The highest BCUT2D eigenvalue weighted by molar-refractivity contribution is 5.33. The molecule has 0 spiro atoms. The van der Waals surface area contributed by atoms with Gasteiger partial charge in [0.2, 0.25) is 0 Å². The second kappa shape index (κ2) is 4.01. The Morgan fingerprint density at radius 3 is 2.85 bits per heavy atom. The highest BCUT2D eigenvalue weighted by Crippen LogP contribution is 2.20. The number of aliphatic hydroxyl groups excluding tert-OH is 1. The van der Waals surface area contributed by atoms with Crippen molar-refractivity contribution in [2.75, 3.05) is 0 Å². The van der Waals surface area contributed by atoms with E-state index in [0.29, 0.717) is 11.1 Å². The van der Waals surface area contributed by atoms with Crippen molar-refractivity contribution in [3.05, 3.63) is 35.1 Å². The number of hydrogen-bond donors (Lipinski definition) is 1. The minimum atomic E-state index is -0.391. The number of rotatable bonds is 2. The zero-order valence-corrected chi connectivity index (χ0v) is 7.29. The summed E-state index contributed by atoms with van der Waals surface area (Å²) < 4.78 is 12.7. The van der Waals surface area contributed by atoms with Gasteiger partial charge in [0.1, 0.15) is 5.82 Å². The van der Waals surface area contributed by atoms with Crippen LogP contribution in [-0.2, 0) is 6.61 Å². The van der Waals surface area contributed by atoms with Crippen LogP contribution in [0.15, 0.2) is 18.2 Å². The van der Waals surface area contributed by atoms with Crippen LogP contribution in [0.5, 0.6) is 0 Å². The summed E-state index contributed by atoms with van der Waals surface area (Å²) in [6.45, 7) is 1.48. The molecule has 68 valence electrons. The van der Waals surface area contributed by atoms with Crippen molar-refractivity contribution in [3.8, 4) is 6.07 Å². The molecule has 1 N–H and O–H groups in total. The van der Waals surface area contributed by atoms with Crippen LogP contribution in [0, 0.1) is 17.1 Å². The maximum absolute atomic E-state index is 12.7. The zero-order valence-electron chi connectivity index (χ0n) is 7.29. The molecule has 0 aliphatic carbocycles. The number of nitrogens with zero attached hydrogens (tertiary/aromatic N) is 1. The fraction of sp³-hybridized carbons (Fsp3) is 0.300. The first-order valence-corrected chi connectivity index (χ1v) is 3.98. The topological polar surface area (TPSA) is 44.0 Å². The molecule has 0 aromatic heterocycles. The predicted octanol–water partition coefficient (Wildman–Crippen LogP) is 1.95. The highest BCUT2D eigenvalue weighted by atomic mass is 19.1. The van der Waals surface area contributed by atoms with Gasteiger partial charge in [0, 0.05) is 0 Å². The summed E-state index contributed by atoms with van der Waals surface area (Å²) in [6, 6.07) is 6.13. The number of nitriles is 1. The highest BCUT2D eigenvalue weighted by Gasteiger charge is 2.09. The fourth-order valence-corrected chi connectivity index (χ4v) is 1.20. The van der Waals surface area contributed by atoms with Crippen molar-refractivity contribution in [1.29, 1.82) is 5.26 Å². The molecule has 1 unspecified atom stereocenters. The largest absolute Gasteiger partial charge is 0.392 e. The van der Waals surface area contributed by atoms with E-state index in [0.717, 1.165) is 0 Å². The van der Waals surface area contributed by atoms with Crippen LogP contribution in [0.25, 0.3) is 0 Å². The van der Waals surface area contributed by atoms with E-state index in [4.69, 9.17) is 10.4 Å². The lowest BCUT2D eigenvalue weighted by molar-refractivity contribution is 0.280. The molecule has 1 aromatic rings. The molecule has 2 nitrogen and oxygen atoms in total. The SMILES string of the molecule is CC(C#N)c1ccc(F)cc1CO. The lowest BCUT2D eigenvalue weighted by atomic mass is 9.97. The van der Waals surface area contributed by atoms with E-state index < -0.39 is 5.82 Å². The van der Waals surface area contributed by atoms with Gasteiger partial charge in [0.25, 0.3) is 0 Å². The summed E-state index contributed by atoms with van der Waals surface area (Å²) in [7, 11) is 0. The van der Waals surface area contributed by atoms with Gasteiger partial charge in [-0.2, -0.15) is 5.26 Å². The van der Waals surface area contributed by atoms with Crippen LogP contribution in [0.4, 0.5) is 4.39 Å². The van der Waals surface area contributed by atoms with E-state index >= 15 is 0 Å². The standard InChI is InChI=1S/C10H10FNO/c1-7(5-12)10-3-2-9(11)4-8(10)6-13/h2-4,7,13H,6H2,1H3. The van der Waals surface area contributed by atoms with Crippen molar-refractivity contribution < 1.29 is 9.50 Å². The average molecular weight is 179 g/mol. The summed E-state index contributed by atoms with van der Waals surface area (Å²) >= 11 is 0. The molecule has 0 saturated heterocycles. The lowest BCUT2D eigenvalue weighted by Gasteiger charge is -2.08. The van der Waals surface area contributed by atoms with Gasteiger partial charge < -0.3 is 5.11 Å². The molecule has 0 radical (unpaired) electrons. The van der Waals surface area contributed by atoms with Gasteiger partial charge in [-0.3, -0.25) is 0 Å². The first kappa shape index (κ1) is 9.69. The van der Waals surface area contributed by atoms with Crippen molar-refractivity contribution in [3.63, 3.8) is 0 Å². The molecular weight excluding hydrogens is 169 g/mol. The number of benzene rings is 1. The molecule has 0 aliphatic rings. The van der Waals surface area contributed by atoms with Crippen molar-refractivity contribution in [1.82, 2.24) is 0 Å². The van der Waals surface area contributed by atoms with E-state index in [-0.39, 0.29) is 12.5 Å². The smallest absolute Gasteiger partial charge is 0.123 e. The first-order chi connectivity index (χ1) is 6.19. The van der Waals surface area contributed by atoms with Crippen molar-refractivity contribution in [2.45, 2.75) is 19.4 Å². The van der Waals surface area contributed by atoms with Gasteiger partial charge in [-0.25, -0.2) is 4.39 Å². The van der Waals surface area contributed by atoms with E-state index in [9.17, 15) is 4.39 Å². The van der Waals surface area contributed by atoms with Gasteiger partial charge in [-0.05, 0) is 30.2 Å². The Bertz CT molecular complexity index is 343. The third kappa shape index (κ3) is 2.04. The van der Waals surface area contributed by atoms with Crippen LogP contribution < -0.4 is 0 Å². The summed E-state index contributed by atoms with van der Waals surface area (Å²) in [5.41, 5.74) is 1.17. The van der Waals surface area contributed by atoms with Crippen LogP contribution >= 0.6 is 0 Å². The summed E-state index contributed by atoms with van der Waals surface area (Å²) in [5.74, 6) is -0.708. The van der Waals surface area contributed by atoms with E-state index in [1.54, 1.807) is 6.92 Å². The third-order valence-corrected chi connectivity index (χ3v) is 1.94. The Balaban J connectivity index is 3.15. The van der Waals surface area contributed by atoms with E-state index in [1.165, 1.54) is 18.2 Å². The molecule has 13 heavy (non-hydrogen) atoms. The van der Waals surface area contributed by atoms with Crippen LogP contribution in [0.1, 0.15) is 24.0 Å². The molecule has 3 heteroatoms. The monoisotopic (exact) mass is 179 g/mol. The van der Waals surface area contributed by atoms with E-state index in [2.05, 4.69) is 0 Å². The normalized spacial score (nSPS) is 12.2. The Morgan fingerprint density at radius 1 is 1.62 bits per heavy atom. The quantitative estimate of drug-likeness (QED) is 0.754. The summed E-state index contributed by atoms with van der Waals surface area (Å²) in [5, 5.41) is 17.6. The Labute approximate surface area is 76.2 Å². The molecule has 1 atom stereocenters. The van der Waals surface area contributed by atoms with Gasteiger partial charge in [-0.1, -0.05) is 6.07 Å². The molecule has 0 amide bonds. The third-order valence-electron chi connectivity index (χ3n) is 1.94. The maximum atomic E-state index is 12.7. The number of aliphatic hydroxyl groups is 1. The minimum absolute atomic E-state index is 0.237. The van der Waals surface area contributed by atoms with E-state index in [1.807, 2.05) is 6.07 Å². The molecule has 0 bridgehead atoms. The molecule has 0 fully saturated rings. The van der Waals surface area contributed by atoms with Gasteiger partial charge in [0.05, 0.1) is 18.6 Å². The predicted molar refractivity (Wildman–Crippen MR) is 46.4 cm³/mol. The zero-order chi connectivity index (χ0) is 9.84. The van der Waals surface area contributed by atoms with Gasteiger partial charge in [0.15, 0.2) is 0 Å². The van der Waals surface area contributed by atoms with Crippen molar-refractivity contribution >= 4 is 0 Å².